The Bertz CT molecular complexity index is 3090. The van der Waals surface area contributed by atoms with Crippen LogP contribution in [0.15, 0.2) is 150 Å². The van der Waals surface area contributed by atoms with Crippen LogP contribution in [0.2, 0.25) is 0 Å². The SMILES string of the molecule is C#C/C=C\C(=C/C)c1nc(-c2ccccc2)nc(-c2cc(-c3ccccc3)cc3c2oc2cc4c5cccc6c7ccccc7n(c4cc23)c65)n1. The van der Waals surface area contributed by atoms with Crippen LogP contribution in [0.4, 0.5) is 0 Å². The fourth-order valence-electron chi connectivity index (χ4n) is 7.54. The maximum atomic E-state index is 6.89. The summed E-state index contributed by atoms with van der Waals surface area (Å²) in [4.78, 5) is 15.1. The first-order valence-electron chi connectivity index (χ1n) is 16.9. The molecule has 0 unspecified atom stereocenters. The molecule has 0 N–H and O–H groups in total. The molecule has 5 heteroatoms. The van der Waals surface area contributed by atoms with E-state index in [1.807, 2.05) is 55.5 Å². The molecule has 0 aliphatic heterocycles. The van der Waals surface area contributed by atoms with E-state index in [4.69, 9.17) is 25.8 Å². The van der Waals surface area contributed by atoms with Gasteiger partial charge in [-0.05, 0) is 60.5 Å². The minimum absolute atomic E-state index is 0.519. The normalized spacial score (nSPS) is 12.4. The number of fused-ring (bicyclic) bond motifs is 9. The zero-order valence-corrected chi connectivity index (χ0v) is 27.6. The molecule has 5 nitrogen and oxygen atoms in total. The highest BCUT2D eigenvalue weighted by Crippen LogP contribution is 2.44. The van der Waals surface area contributed by atoms with Crippen LogP contribution in [0.25, 0.3) is 99.5 Å². The van der Waals surface area contributed by atoms with Crippen LogP contribution in [-0.2, 0) is 0 Å². The molecule has 0 aliphatic carbocycles. The molecule has 0 atom stereocenters. The largest absolute Gasteiger partial charge is 0.455 e. The lowest BCUT2D eigenvalue weighted by atomic mass is 9.98. The number of hydrogen-bond donors (Lipinski definition) is 0. The van der Waals surface area contributed by atoms with Crippen molar-refractivity contribution < 1.29 is 4.42 Å². The first kappa shape index (κ1) is 28.9. The Kier molecular flexibility index (Phi) is 6.39. The molecule has 0 radical (unpaired) electrons. The van der Waals surface area contributed by atoms with Gasteiger partial charge in [0.05, 0.1) is 22.1 Å². The fourth-order valence-corrected chi connectivity index (χ4v) is 7.54. The van der Waals surface area contributed by atoms with Gasteiger partial charge in [-0.15, -0.1) is 6.42 Å². The summed E-state index contributed by atoms with van der Waals surface area (Å²) < 4.78 is 9.29. The van der Waals surface area contributed by atoms with E-state index in [-0.39, 0.29) is 0 Å². The Balaban J connectivity index is 1.31. The first-order chi connectivity index (χ1) is 25.2. The summed E-state index contributed by atoms with van der Waals surface area (Å²) in [5.74, 6) is 4.20. The van der Waals surface area contributed by atoms with Crippen LogP contribution in [0.3, 0.4) is 0 Å². The van der Waals surface area contributed by atoms with Crippen LogP contribution in [-0.4, -0.2) is 19.4 Å². The van der Waals surface area contributed by atoms with Gasteiger partial charge in [-0.3, -0.25) is 0 Å². The lowest BCUT2D eigenvalue weighted by Crippen LogP contribution is -2.02. The summed E-state index contributed by atoms with van der Waals surface area (Å²) in [5.41, 5.74) is 9.72. The van der Waals surface area contributed by atoms with E-state index in [1.54, 1.807) is 6.08 Å². The second-order valence-corrected chi connectivity index (χ2v) is 12.7. The number of para-hydroxylation sites is 2. The number of furan rings is 1. The molecular weight excluding hydrogens is 625 g/mol. The molecule has 4 heterocycles. The molecule has 0 fully saturated rings. The van der Waals surface area contributed by atoms with Gasteiger partial charge in [-0.25, -0.2) is 15.0 Å². The predicted octanol–water partition coefficient (Wildman–Crippen LogP) is 11.5. The summed E-state index contributed by atoms with van der Waals surface area (Å²) in [5, 5.41) is 6.90. The molecule has 238 valence electrons. The van der Waals surface area contributed by atoms with Crippen LogP contribution < -0.4 is 0 Å². The Morgan fingerprint density at radius 3 is 2.12 bits per heavy atom. The summed E-state index contributed by atoms with van der Waals surface area (Å²) in [6.45, 7) is 1.95. The Hall–Kier alpha value is -7.03. The Morgan fingerprint density at radius 2 is 1.33 bits per heavy atom. The van der Waals surface area contributed by atoms with Gasteiger partial charge >= 0.3 is 0 Å². The van der Waals surface area contributed by atoms with Crippen LogP contribution >= 0.6 is 0 Å². The van der Waals surface area contributed by atoms with Crippen LogP contribution in [0.1, 0.15) is 12.7 Å². The lowest BCUT2D eigenvalue weighted by molar-refractivity contribution is 0.670. The third-order valence-corrected chi connectivity index (χ3v) is 9.86. The highest BCUT2D eigenvalue weighted by atomic mass is 16.3. The zero-order chi connectivity index (χ0) is 34.1. The summed E-state index contributed by atoms with van der Waals surface area (Å²) in [6, 6.07) is 44.4. The highest BCUT2D eigenvalue weighted by Gasteiger charge is 2.23. The van der Waals surface area contributed by atoms with Crippen LogP contribution in [0, 0.1) is 12.3 Å². The van der Waals surface area contributed by atoms with Crippen molar-refractivity contribution in [2.75, 3.05) is 0 Å². The van der Waals surface area contributed by atoms with E-state index in [2.05, 4.69) is 101 Å². The maximum Gasteiger partial charge on any atom is 0.167 e. The van der Waals surface area contributed by atoms with Crippen molar-refractivity contribution in [3.63, 3.8) is 0 Å². The number of allylic oxidation sites excluding steroid dienone is 4. The monoisotopic (exact) mass is 652 g/mol. The molecule has 10 rings (SSSR count). The smallest absolute Gasteiger partial charge is 0.167 e. The first-order valence-corrected chi connectivity index (χ1v) is 16.9. The van der Waals surface area contributed by atoms with Crippen molar-refractivity contribution >= 4 is 65.6 Å². The third-order valence-electron chi connectivity index (χ3n) is 9.86. The predicted molar refractivity (Wildman–Crippen MR) is 210 cm³/mol. The summed E-state index contributed by atoms with van der Waals surface area (Å²) in [6.07, 6.45) is 11.1. The van der Waals surface area contributed by atoms with E-state index in [0.29, 0.717) is 17.5 Å². The van der Waals surface area contributed by atoms with Gasteiger partial charge < -0.3 is 8.82 Å². The molecule has 0 saturated heterocycles. The molecule has 0 aliphatic rings. The number of aromatic nitrogens is 4. The van der Waals surface area contributed by atoms with E-state index in [0.717, 1.165) is 60.7 Å². The molecule has 0 amide bonds. The fraction of sp³-hybridized carbons (Fsp3) is 0.0217. The number of benzene rings is 6. The standard InChI is InChI=1S/C46H28N4O/c1-3-5-15-28(4-2)44-47-45(30-18-10-7-11-19-30)49-46(48-44)38-25-31(29-16-8-6-9-17-29)24-37-36-26-40-35(27-41(36)51-43(37)38)34-22-14-21-33-32-20-12-13-23-39(32)50(40)42(33)34/h1,4-27H,2H3/b15-5-,28-4+. The summed E-state index contributed by atoms with van der Waals surface area (Å²) in [7, 11) is 0. The molecule has 10 aromatic rings. The highest BCUT2D eigenvalue weighted by molar-refractivity contribution is 6.26. The van der Waals surface area contributed by atoms with Crippen molar-refractivity contribution in [1.29, 1.82) is 0 Å². The van der Waals surface area contributed by atoms with E-state index in [1.165, 1.54) is 27.2 Å². The molecule has 0 spiro atoms. The topological polar surface area (TPSA) is 56.2 Å². The van der Waals surface area contributed by atoms with Crippen molar-refractivity contribution in [2.45, 2.75) is 6.92 Å². The van der Waals surface area contributed by atoms with Crippen molar-refractivity contribution in [1.82, 2.24) is 19.4 Å². The molecular formula is C46H28N4O. The quantitative estimate of drug-likeness (QED) is 0.137. The van der Waals surface area contributed by atoms with Gasteiger partial charge in [0.2, 0.25) is 0 Å². The van der Waals surface area contributed by atoms with Gasteiger partial charge in [-0.1, -0.05) is 109 Å². The van der Waals surface area contributed by atoms with Crippen molar-refractivity contribution in [3.05, 3.63) is 151 Å². The molecule has 0 bridgehead atoms. The number of terminal acetylenes is 1. The average molecular weight is 653 g/mol. The summed E-state index contributed by atoms with van der Waals surface area (Å²) >= 11 is 0. The van der Waals surface area contributed by atoms with Crippen LogP contribution in [0.5, 0.6) is 0 Å². The lowest BCUT2D eigenvalue weighted by Gasteiger charge is -2.11. The van der Waals surface area contributed by atoms with Gasteiger partial charge in [0.25, 0.3) is 0 Å². The van der Waals surface area contributed by atoms with Gasteiger partial charge in [-0.2, -0.15) is 0 Å². The van der Waals surface area contributed by atoms with Gasteiger partial charge in [0.1, 0.15) is 11.2 Å². The average Bonchev–Trinajstić information content (AvgIpc) is 3.84. The van der Waals surface area contributed by atoms with Crippen molar-refractivity contribution in [3.8, 4) is 46.2 Å². The van der Waals surface area contributed by atoms with Gasteiger partial charge in [0, 0.05) is 43.5 Å². The second-order valence-electron chi connectivity index (χ2n) is 12.7. The third kappa shape index (κ3) is 4.40. The van der Waals surface area contributed by atoms with E-state index >= 15 is 0 Å². The zero-order valence-electron chi connectivity index (χ0n) is 27.6. The second kappa shape index (κ2) is 11.3. The minimum atomic E-state index is 0.519. The Labute approximate surface area is 293 Å². The molecule has 0 saturated carbocycles. The number of nitrogens with zero attached hydrogens (tertiary/aromatic N) is 4. The maximum absolute atomic E-state index is 6.89. The van der Waals surface area contributed by atoms with Gasteiger partial charge in [0.15, 0.2) is 17.5 Å². The molecule has 6 aromatic carbocycles. The number of rotatable bonds is 5. The Morgan fingerprint density at radius 1 is 0.627 bits per heavy atom. The minimum Gasteiger partial charge on any atom is -0.455 e. The van der Waals surface area contributed by atoms with E-state index < -0.39 is 0 Å². The molecule has 51 heavy (non-hydrogen) atoms. The van der Waals surface area contributed by atoms with E-state index in [9.17, 15) is 0 Å². The van der Waals surface area contributed by atoms with Crippen molar-refractivity contribution in [2.24, 2.45) is 0 Å². The molecule has 4 aromatic heterocycles. The number of hydrogen-bond acceptors (Lipinski definition) is 4.